The number of benzene rings is 2. The second-order valence-electron chi connectivity index (χ2n) is 4.71. The van der Waals surface area contributed by atoms with Crippen LogP contribution >= 0.6 is 15.9 Å². The fraction of sp³-hybridized carbons (Fsp3) is 0.250. The van der Waals surface area contributed by atoms with Crippen molar-refractivity contribution in [2.24, 2.45) is 0 Å². The molecule has 0 aliphatic carbocycles. The van der Waals surface area contributed by atoms with Crippen molar-refractivity contribution in [2.75, 3.05) is 11.9 Å². The van der Waals surface area contributed by atoms with Crippen LogP contribution in [0.5, 0.6) is 0 Å². The summed E-state index contributed by atoms with van der Waals surface area (Å²) >= 11 is 3.17. The van der Waals surface area contributed by atoms with Gasteiger partial charge in [0.15, 0.2) is 0 Å². The third-order valence-corrected chi connectivity index (χ3v) is 3.75. The maximum atomic E-state index is 12.6. The summed E-state index contributed by atoms with van der Waals surface area (Å²) in [6, 6.07) is 13.7. The molecule has 1 N–H and O–H groups in total. The zero-order valence-electron chi connectivity index (χ0n) is 11.3. The maximum absolute atomic E-state index is 12.6. The van der Waals surface area contributed by atoms with Crippen molar-refractivity contribution in [3.05, 3.63) is 64.1 Å². The molecule has 0 heterocycles. The number of aryl methyl sites for hydroxylation is 1. The lowest BCUT2D eigenvalue weighted by Crippen LogP contribution is -2.07. The van der Waals surface area contributed by atoms with Crippen LogP contribution in [0, 0.1) is 0 Å². The van der Waals surface area contributed by atoms with Crippen molar-refractivity contribution in [3.63, 3.8) is 0 Å². The van der Waals surface area contributed by atoms with Crippen LogP contribution in [0.3, 0.4) is 0 Å². The number of alkyl halides is 3. The molecule has 2 aromatic rings. The fourth-order valence-corrected chi connectivity index (χ4v) is 2.51. The zero-order chi connectivity index (χ0) is 15.3. The Bertz CT molecular complexity index is 582. The van der Waals surface area contributed by atoms with E-state index in [9.17, 15) is 13.2 Å². The summed E-state index contributed by atoms with van der Waals surface area (Å²) in [5.74, 6) is 0. The van der Waals surface area contributed by atoms with Crippen molar-refractivity contribution in [2.45, 2.75) is 19.0 Å². The highest BCUT2D eigenvalue weighted by Crippen LogP contribution is 2.33. The molecular weight excluding hydrogens is 343 g/mol. The Morgan fingerprint density at radius 1 is 1.00 bits per heavy atom. The van der Waals surface area contributed by atoms with Gasteiger partial charge in [0, 0.05) is 16.7 Å². The van der Waals surface area contributed by atoms with Crippen LogP contribution in [0.4, 0.5) is 18.9 Å². The van der Waals surface area contributed by atoms with Crippen LogP contribution in [0.15, 0.2) is 53.0 Å². The summed E-state index contributed by atoms with van der Waals surface area (Å²) in [6.07, 6.45) is -2.46. The molecule has 0 fully saturated rings. The van der Waals surface area contributed by atoms with Gasteiger partial charge in [0.25, 0.3) is 0 Å². The van der Waals surface area contributed by atoms with E-state index in [2.05, 4.69) is 33.4 Å². The summed E-state index contributed by atoms with van der Waals surface area (Å²) in [7, 11) is 0. The Morgan fingerprint density at radius 3 is 2.33 bits per heavy atom. The Hall–Kier alpha value is -1.49. The van der Waals surface area contributed by atoms with E-state index in [-0.39, 0.29) is 0 Å². The first kappa shape index (κ1) is 15.9. The molecule has 0 unspecified atom stereocenters. The van der Waals surface area contributed by atoms with Gasteiger partial charge in [-0.25, -0.2) is 0 Å². The van der Waals surface area contributed by atoms with Crippen molar-refractivity contribution in [3.8, 4) is 0 Å². The second kappa shape index (κ2) is 6.98. The largest absolute Gasteiger partial charge is 0.416 e. The number of hydrogen-bond donors (Lipinski definition) is 1. The monoisotopic (exact) mass is 357 g/mol. The van der Waals surface area contributed by atoms with Gasteiger partial charge in [0.2, 0.25) is 0 Å². The fourth-order valence-electron chi connectivity index (χ4n) is 2.00. The van der Waals surface area contributed by atoms with Gasteiger partial charge in [-0.1, -0.05) is 30.3 Å². The molecule has 0 aliphatic heterocycles. The average molecular weight is 358 g/mol. The molecule has 21 heavy (non-hydrogen) atoms. The highest BCUT2D eigenvalue weighted by atomic mass is 79.9. The molecule has 0 radical (unpaired) electrons. The number of halogens is 4. The minimum absolute atomic E-state index is 0.428. The molecule has 0 spiro atoms. The summed E-state index contributed by atoms with van der Waals surface area (Å²) in [5.41, 5.74) is 1.28. The summed E-state index contributed by atoms with van der Waals surface area (Å²) < 4.78 is 38.1. The molecule has 0 aliphatic rings. The predicted molar refractivity (Wildman–Crippen MR) is 82.4 cm³/mol. The lowest BCUT2D eigenvalue weighted by atomic mass is 10.1. The molecule has 0 saturated heterocycles. The van der Waals surface area contributed by atoms with E-state index in [1.54, 1.807) is 0 Å². The highest BCUT2D eigenvalue weighted by molar-refractivity contribution is 9.10. The Labute approximate surface area is 130 Å². The van der Waals surface area contributed by atoms with Crippen LogP contribution in [0.25, 0.3) is 0 Å². The first-order valence-electron chi connectivity index (χ1n) is 6.61. The topological polar surface area (TPSA) is 12.0 Å². The molecule has 0 amide bonds. The van der Waals surface area contributed by atoms with Gasteiger partial charge >= 0.3 is 6.18 Å². The van der Waals surface area contributed by atoms with Gasteiger partial charge in [0.05, 0.1) is 5.56 Å². The first-order valence-corrected chi connectivity index (χ1v) is 7.40. The average Bonchev–Trinajstić information content (AvgIpc) is 2.45. The Morgan fingerprint density at radius 2 is 1.71 bits per heavy atom. The van der Waals surface area contributed by atoms with Crippen molar-refractivity contribution in [1.29, 1.82) is 0 Å². The standard InChI is InChI=1S/C16H15BrF3N/c17-14-11-13(16(18,19)20)8-9-15(14)21-10-4-7-12-5-2-1-3-6-12/h1-3,5-6,8-9,11,21H,4,7,10H2. The van der Waals surface area contributed by atoms with E-state index in [0.717, 1.165) is 25.0 Å². The lowest BCUT2D eigenvalue weighted by molar-refractivity contribution is -0.137. The number of anilines is 1. The normalized spacial score (nSPS) is 11.4. The highest BCUT2D eigenvalue weighted by Gasteiger charge is 2.30. The Balaban J connectivity index is 1.86. The molecule has 0 saturated carbocycles. The molecule has 5 heteroatoms. The van der Waals surface area contributed by atoms with Crippen LogP contribution in [0.2, 0.25) is 0 Å². The summed E-state index contributed by atoms with van der Waals surface area (Å²) in [6.45, 7) is 0.707. The van der Waals surface area contributed by atoms with Crippen molar-refractivity contribution >= 4 is 21.6 Å². The molecule has 1 nitrogen and oxygen atoms in total. The van der Waals surface area contributed by atoms with Crippen LogP contribution < -0.4 is 5.32 Å². The van der Waals surface area contributed by atoms with Gasteiger partial charge < -0.3 is 5.32 Å². The third kappa shape index (κ3) is 4.77. The molecular formula is C16H15BrF3N. The maximum Gasteiger partial charge on any atom is 0.416 e. The molecule has 2 aromatic carbocycles. The predicted octanol–water partition coefficient (Wildman–Crippen LogP) is 5.51. The zero-order valence-corrected chi connectivity index (χ0v) is 12.8. The van der Waals surface area contributed by atoms with Gasteiger partial charge in [-0.3, -0.25) is 0 Å². The van der Waals surface area contributed by atoms with E-state index in [0.29, 0.717) is 16.7 Å². The Kier molecular flexibility index (Phi) is 5.28. The van der Waals surface area contributed by atoms with Crippen molar-refractivity contribution < 1.29 is 13.2 Å². The van der Waals surface area contributed by atoms with Crippen molar-refractivity contribution in [1.82, 2.24) is 0 Å². The molecule has 0 bridgehead atoms. The van der Waals surface area contributed by atoms with Crippen LogP contribution in [0.1, 0.15) is 17.5 Å². The van der Waals surface area contributed by atoms with Gasteiger partial charge in [-0.05, 0) is 52.5 Å². The van der Waals surface area contributed by atoms with Crippen LogP contribution in [-0.2, 0) is 12.6 Å². The van der Waals surface area contributed by atoms with E-state index in [1.807, 2.05) is 18.2 Å². The minimum Gasteiger partial charge on any atom is -0.384 e. The van der Waals surface area contributed by atoms with E-state index >= 15 is 0 Å². The van der Waals surface area contributed by atoms with E-state index in [4.69, 9.17) is 0 Å². The second-order valence-corrected chi connectivity index (χ2v) is 5.56. The minimum atomic E-state index is -4.31. The quantitative estimate of drug-likeness (QED) is 0.695. The SMILES string of the molecule is FC(F)(F)c1ccc(NCCCc2ccccc2)c(Br)c1. The van der Waals surface area contributed by atoms with Crippen LogP contribution in [-0.4, -0.2) is 6.54 Å². The first-order chi connectivity index (χ1) is 9.97. The van der Waals surface area contributed by atoms with Gasteiger partial charge in [0.1, 0.15) is 0 Å². The molecule has 112 valence electrons. The number of rotatable bonds is 5. The lowest BCUT2D eigenvalue weighted by Gasteiger charge is -2.12. The van der Waals surface area contributed by atoms with E-state index < -0.39 is 11.7 Å². The van der Waals surface area contributed by atoms with Gasteiger partial charge in [-0.2, -0.15) is 13.2 Å². The van der Waals surface area contributed by atoms with E-state index in [1.165, 1.54) is 11.6 Å². The number of nitrogens with one attached hydrogen (secondary N) is 1. The third-order valence-electron chi connectivity index (χ3n) is 3.10. The van der Waals surface area contributed by atoms with Gasteiger partial charge in [-0.15, -0.1) is 0 Å². The summed E-state index contributed by atoms with van der Waals surface area (Å²) in [5, 5.41) is 3.15. The molecule has 2 rings (SSSR count). The molecule has 0 atom stereocenters. The molecule has 0 aromatic heterocycles. The summed E-state index contributed by atoms with van der Waals surface area (Å²) in [4.78, 5) is 0. The smallest absolute Gasteiger partial charge is 0.384 e. The number of hydrogen-bond acceptors (Lipinski definition) is 1.